The second kappa shape index (κ2) is 7.14. The Balaban J connectivity index is 3.21. The average molecular weight is 474 g/mol. The summed E-state index contributed by atoms with van der Waals surface area (Å²) in [6.07, 6.45) is -12.0. The van der Waals surface area contributed by atoms with Gasteiger partial charge in [0.2, 0.25) is 11.8 Å². The van der Waals surface area contributed by atoms with Gasteiger partial charge in [-0.05, 0) is 6.42 Å². The van der Waals surface area contributed by atoms with Gasteiger partial charge in [0.1, 0.15) is 5.92 Å². The maximum Gasteiger partial charge on any atom is 0.460 e. The Morgan fingerprint density at radius 1 is 0.600 bits per heavy atom. The summed E-state index contributed by atoms with van der Waals surface area (Å²) in [5, 5.41) is 2.58. The van der Waals surface area contributed by atoms with Gasteiger partial charge in [-0.15, -0.1) is 0 Å². The van der Waals surface area contributed by atoms with Crippen molar-refractivity contribution in [3.05, 3.63) is 0 Å². The summed E-state index contributed by atoms with van der Waals surface area (Å²) in [5.41, 5.74) is 0. The number of hydrogen-bond acceptors (Lipinski definition) is 3. The highest BCUT2D eigenvalue weighted by molar-refractivity contribution is 6.16. The lowest BCUT2D eigenvalue weighted by Gasteiger charge is -2.40. The Bertz CT molecular complexity index is 711. The molecule has 1 aliphatic rings. The SMILES string of the molecule is O=C1NC(=O)C(CCC(F)(F)C(F)(F)C(F)(F)C(F)(F)C(F)(F)C(F)(F)F)C(=O)N1. The van der Waals surface area contributed by atoms with Crippen molar-refractivity contribution in [1.29, 1.82) is 0 Å². The van der Waals surface area contributed by atoms with Crippen LogP contribution in [-0.4, -0.2) is 53.6 Å². The van der Waals surface area contributed by atoms with E-state index < -0.39 is 72.4 Å². The molecule has 0 aromatic rings. The number of hydrogen-bond donors (Lipinski definition) is 2. The number of nitrogens with one attached hydrogen (secondary N) is 2. The fourth-order valence-electron chi connectivity index (χ4n) is 2.10. The Hall–Kier alpha value is -2.30. The van der Waals surface area contributed by atoms with Crippen LogP contribution < -0.4 is 10.6 Å². The molecule has 18 heteroatoms. The van der Waals surface area contributed by atoms with Gasteiger partial charge < -0.3 is 0 Å². The molecule has 1 fully saturated rings. The average Bonchev–Trinajstić information content (AvgIpc) is 2.51. The summed E-state index contributed by atoms with van der Waals surface area (Å²) >= 11 is 0. The molecule has 0 saturated carbocycles. The number of halogens is 13. The summed E-state index contributed by atoms with van der Waals surface area (Å²) in [6, 6.07) is -1.47. The summed E-state index contributed by atoms with van der Waals surface area (Å²) in [4.78, 5) is 33.3. The van der Waals surface area contributed by atoms with Crippen molar-refractivity contribution in [1.82, 2.24) is 10.6 Å². The Kier molecular flexibility index (Phi) is 6.12. The molecule has 4 amide bonds. The molecule has 0 atom stereocenters. The van der Waals surface area contributed by atoms with Crippen LogP contribution >= 0.6 is 0 Å². The van der Waals surface area contributed by atoms with E-state index in [9.17, 15) is 71.5 Å². The first-order valence-corrected chi connectivity index (χ1v) is 7.16. The number of carbonyl (C=O) groups is 3. The van der Waals surface area contributed by atoms with E-state index in [0.717, 1.165) is 0 Å². The highest BCUT2D eigenvalue weighted by atomic mass is 19.4. The molecule has 0 aliphatic carbocycles. The summed E-state index contributed by atoms with van der Waals surface area (Å²) in [6.45, 7) is 0. The molecule has 1 rings (SSSR count). The molecule has 0 spiro atoms. The maximum absolute atomic E-state index is 13.6. The largest absolute Gasteiger partial charge is 0.460 e. The molecule has 30 heavy (non-hydrogen) atoms. The number of alkyl halides is 13. The van der Waals surface area contributed by atoms with Crippen molar-refractivity contribution in [3.8, 4) is 0 Å². The molecule has 1 heterocycles. The predicted molar refractivity (Wildman–Crippen MR) is 65.2 cm³/mol. The molecule has 1 aliphatic heterocycles. The normalized spacial score (nSPS) is 18.4. The van der Waals surface area contributed by atoms with E-state index >= 15 is 0 Å². The van der Waals surface area contributed by atoms with E-state index in [1.807, 2.05) is 0 Å². The van der Waals surface area contributed by atoms with Gasteiger partial charge in [0.25, 0.3) is 0 Å². The van der Waals surface area contributed by atoms with Gasteiger partial charge in [0.15, 0.2) is 0 Å². The van der Waals surface area contributed by atoms with Gasteiger partial charge in [-0.25, -0.2) is 4.79 Å². The van der Waals surface area contributed by atoms with E-state index in [4.69, 9.17) is 0 Å². The Morgan fingerprint density at radius 2 is 0.967 bits per heavy atom. The number of carbonyl (C=O) groups excluding carboxylic acids is 3. The topological polar surface area (TPSA) is 75.3 Å². The van der Waals surface area contributed by atoms with Gasteiger partial charge in [-0.1, -0.05) is 0 Å². The van der Waals surface area contributed by atoms with Crippen molar-refractivity contribution < 1.29 is 71.5 Å². The Labute approximate surface area is 155 Å². The number of rotatable bonds is 7. The minimum absolute atomic E-state index is 1.29. The van der Waals surface area contributed by atoms with Crippen molar-refractivity contribution in [2.24, 2.45) is 5.92 Å². The molecule has 0 aromatic carbocycles. The molecule has 0 bridgehead atoms. The molecule has 1 saturated heterocycles. The molecule has 0 radical (unpaired) electrons. The third-order valence-corrected chi connectivity index (χ3v) is 3.85. The van der Waals surface area contributed by atoms with Crippen molar-refractivity contribution in [3.63, 3.8) is 0 Å². The van der Waals surface area contributed by atoms with Gasteiger partial charge in [-0.2, -0.15) is 57.1 Å². The van der Waals surface area contributed by atoms with E-state index in [-0.39, 0.29) is 0 Å². The molecular formula is C12H7F13N2O3. The minimum Gasteiger partial charge on any atom is -0.277 e. The zero-order valence-corrected chi connectivity index (χ0v) is 13.6. The van der Waals surface area contributed by atoms with Gasteiger partial charge >= 0.3 is 41.8 Å². The fraction of sp³-hybridized carbons (Fsp3) is 0.750. The molecule has 2 N–H and O–H groups in total. The molecule has 5 nitrogen and oxygen atoms in total. The van der Waals surface area contributed by atoms with Crippen LogP contribution in [-0.2, 0) is 9.59 Å². The summed E-state index contributed by atoms with van der Waals surface area (Å²) in [7, 11) is 0. The van der Waals surface area contributed by atoms with Gasteiger partial charge in [-0.3, -0.25) is 20.2 Å². The van der Waals surface area contributed by atoms with Crippen LogP contribution in [0.5, 0.6) is 0 Å². The molecule has 174 valence electrons. The van der Waals surface area contributed by atoms with Crippen molar-refractivity contribution >= 4 is 17.8 Å². The third kappa shape index (κ3) is 3.75. The zero-order chi connectivity index (χ0) is 24.1. The number of amides is 4. The van der Waals surface area contributed by atoms with Gasteiger partial charge in [0, 0.05) is 6.42 Å². The zero-order valence-electron chi connectivity index (χ0n) is 13.6. The maximum atomic E-state index is 13.6. The highest BCUT2D eigenvalue weighted by Gasteiger charge is 2.90. The first kappa shape index (κ1) is 25.7. The van der Waals surface area contributed by atoms with Crippen molar-refractivity contribution in [2.45, 2.75) is 48.6 Å². The monoisotopic (exact) mass is 474 g/mol. The smallest absolute Gasteiger partial charge is 0.277 e. The standard InChI is InChI=1S/C12H7F13N2O3/c13-7(14,2-1-3-4(28)26-6(30)27-5(3)29)8(15,16)9(17,18)10(19,20)11(21,22)12(23,24)25/h3H,1-2H2,(H2,26,27,28,29,30). The molecule has 0 unspecified atom stereocenters. The lowest BCUT2D eigenvalue weighted by atomic mass is 9.89. The second-order valence-electron chi connectivity index (χ2n) is 5.90. The van der Waals surface area contributed by atoms with E-state index in [1.54, 1.807) is 0 Å². The van der Waals surface area contributed by atoms with Gasteiger partial charge in [0.05, 0.1) is 0 Å². The third-order valence-electron chi connectivity index (χ3n) is 3.85. The van der Waals surface area contributed by atoms with Crippen LogP contribution in [0.25, 0.3) is 0 Å². The fourth-order valence-corrected chi connectivity index (χ4v) is 2.10. The molecular weight excluding hydrogens is 467 g/mol. The lowest BCUT2D eigenvalue weighted by Crippen LogP contribution is -2.70. The van der Waals surface area contributed by atoms with E-state index in [1.165, 1.54) is 10.6 Å². The second-order valence-corrected chi connectivity index (χ2v) is 5.90. The van der Waals surface area contributed by atoms with Crippen LogP contribution in [0.1, 0.15) is 12.8 Å². The minimum atomic E-state index is -8.03. The number of urea groups is 1. The quantitative estimate of drug-likeness (QED) is 0.439. The first-order valence-electron chi connectivity index (χ1n) is 7.16. The van der Waals surface area contributed by atoms with Crippen LogP contribution in [0.3, 0.4) is 0 Å². The van der Waals surface area contributed by atoms with E-state index in [0.29, 0.717) is 0 Å². The number of barbiturate groups is 1. The summed E-state index contributed by atoms with van der Waals surface area (Å²) < 4.78 is 168. The van der Waals surface area contributed by atoms with Crippen LogP contribution in [0, 0.1) is 5.92 Å². The van der Waals surface area contributed by atoms with Crippen LogP contribution in [0.2, 0.25) is 0 Å². The van der Waals surface area contributed by atoms with Crippen LogP contribution in [0.4, 0.5) is 61.9 Å². The lowest BCUT2D eigenvalue weighted by molar-refractivity contribution is -0.440. The number of imide groups is 2. The van der Waals surface area contributed by atoms with E-state index in [2.05, 4.69) is 0 Å². The molecule has 0 aromatic heterocycles. The summed E-state index contributed by atoms with van der Waals surface area (Å²) in [5.74, 6) is -43.5. The highest BCUT2D eigenvalue weighted by Crippen LogP contribution is 2.60. The van der Waals surface area contributed by atoms with Crippen LogP contribution in [0.15, 0.2) is 0 Å². The predicted octanol–water partition coefficient (Wildman–Crippen LogP) is 3.49. The van der Waals surface area contributed by atoms with Crippen molar-refractivity contribution in [2.75, 3.05) is 0 Å². The Morgan fingerprint density at radius 3 is 1.33 bits per heavy atom. The first-order chi connectivity index (χ1) is 13.0.